The Labute approximate surface area is 106 Å². The number of oxime groups is 1. The number of likely N-dealkylation sites (N-methyl/N-ethyl adjacent to an activating group) is 1. The maximum atomic E-state index is 12.0. The van der Waals surface area contributed by atoms with Crippen molar-refractivity contribution < 1.29 is 19.2 Å². The van der Waals surface area contributed by atoms with E-state index in [-0.39, 0.29) is 5.71 Å². The number of hydrogen-bond acceptors (Lipinski definition) is 5. The molecule has 0 spiro atoms. The van der Waals surface area contributed by atoms with Crippen molar-refractivity contribution in [1.29, 1.82) is 0 Å². The third kappa shape index (κ3) is 3.21. The lowest BCUT2D eigenvalue weighted by Gasteiger charge is -2.15. The average Bonchev–Trinajstić information content (AvgIpc) is 2.43. The molecule has 0 bridgehead atoms. The molecule has 0 fully saturated rings. The van der Waals surface area contributed by atoms with E-state index in [1.807, 2.05) is 0 Å². The Morgan fingerprint density at radius 3 is 2.56 bits per heavy atom. The van der Waals surface area contributed by atoms with E-state index in [9.17, 15) is 4.79 Å². The molecule has 0 aliphatic carbocycles. The second-order valence-electron chi connectivity index (χ2n) is 3.34. The van der Waals surface area contributed by atoms with Crippen molar-refractivity contribution in [2.24, 2.45) is 5.16 Å². The van der Waals surface area contributed by atoms with Crippen LogP contribution in [0.15, 0.2) is 29.4 Å². The van der Waals surface area contributed by atoms with Crippen LogP contribution in [0.2, 0.25) is 0 Å². The van der Waals surface area contributed by atoms with Gasteiger partial charge in [-0.15, -0.1) is 0 Å². The number of ether oxygens (including phenoxy) is 1. The SMILES string of the molecule is CO/N=C(\C(=O)N(C)OC)c1cccc(OC)c1. The number of hydrogen-bond donors (Lipinski definition) is 0. The first kappa shape index (κ1) is 14.0. The first-order valence-corrected chi connectivity index (χ1v) is 5.21. The Morgan fingerprint density at radius 2 is 2.00 bits per heavy atom. The smallest absolute Gasteiger partial charge is 0.299 e. The van der Waals surface area contributed by atoms with Crippen LogP contribution in [-0.2, 0) is 14.5 Å². The molecule has 0 N–H and O–H groups in total. The van der Waals surface area contributed by atoms with Crippen LogP contribution < -0.4 is 4.74 Å². The first-order chi connectivity index (χ1) is 8.63. The number of carbonyl (C=O) groups excluding carboxylic acids is 1. The van der Waals surface area contributed by atoms with Crippen LogP contribution in [0.4, 0.5) is 0 Å². The van der Waals surface area contributed by atoms with Crippen molar-refractivity contribution in [2.75, 3.05) is 28.4 Å². The van der Waals surface area contributed by atoms with Crippen molar-refractivity contribution in [2.45, 2.75) is 0 Å². The molecule has 1 amide bonds. The van der Waals surface area contributed by atoms with Gasteiger partial charge in [0.25, 0.3) is 5.91 Å². The molecule has 0 aliphatic rings. The summed E-state index contributed by atoms with van der Waals surface area (Å²) in [6, 6.07) is 6.97. The van der Waals surface area contributed by atoms with Gasteiger partial charge >= 0.3 is 0 Å². The zero-order valence-corrected chi connectivity index (χ0v) is 10.8. The van der Waals surface area contributed by atoms with Gasteiger partial charge in [-0.25, -0.2) is 5.06 Å². The summed E-state index contributed by atoms with van der Waals surface area (Å²) in [5.74, 6) is 0.219. The quantitative estimate of drug-likeness (QED) is 0.581. The highest BCUT2D eigenvalue weighted by molar-refractivity contribution is 6.44. The maximum absolute atomic E-state index is 12.0. The number of carbonyl (C=O) groups is 1. The van der Waals surface area contributed by atoms with Gasteiger partial charge in [-0.2, -0.15) is 0 Å². The first-order valence-electron chi connectivity index (χ1n) is 5.21. The highest BCUT2D eigenvalue weighted by Crippen LogP contribution is 2.14. The Bertz CT molecular complexity index is 445. The van der Waals surface area contributed by atoms with E-state index in [0.717, 1.165) is 5.06 Å². The molecule has 18 heavy (non-hydrogen) atoms. The Morgan fingerprint density at radius 1 is 1.28 bits per heavy atom. The zero-order valence-electron chi connectivity index (χ0n) is 10.8. The highest BCUT2D eigenvalue weighted by Gasteiger charge is 2.20. The zero-order chi connectivity index (χ0) is 13.5. The number of rotatable bonds is 5. The third-order valence-corrected chi connectivity index (χ3v) is 2.29. The fourth-order valence-electron chi connectivity index (χ4n) is 1.31. The number of hydroxylamine groups is 2. The van der Waals surface area contributed by atoms with E-state index >= 15 is 0 Å². The second-order valence-corrected chi connectivity index (χ2v) is 3.34. The lowest BCUT2D eigenvalue weighted by molar-refractivity contribution is -0.160. The summed E-state index contributed by atoms with van der Waals surface area (Å²) in [6.07, 6.45) is 0. The molecule has 0 unspecified atom stereocenters. The van der Waals surface area contributed by atoms with Gasteiger partial charge in [0, 0.05) is 12.6 Å². The van der Waals surface area contributed by atoms with E-state index in [1.165, 1.54) is 21.3 Å². The van der Waals surface area contributed by atoms with Crippen LogP contribution in [0.5, 0.6) is 5.75 Å². The highest BCUT2D eigenvalue weighted by atomic mass is 16.7. The number of nitrogens with zero attached hydrogens (tertiary/aromatic N) is 2. The van der Waals surface area contributed by atoms with Crippen molar-refractivity contribution >= 4 is 11.6 Å². The van der Waals surface area contributed by atoms with Crippen molar-refractivity contribution in [1.82, 2.24) is 5.06 Å². The van der Waals surface area contributed by atoms with Gasteiger partial charge in [0.15, 0.2) is 5.71 Å². The summed E-state index contributed by atoms with van der Waals surface area (Å²) in [5.41, 5.74) is 0.728. The molecule has 98 valence electrons. The topological polar surface area (TPSA) is 60.4 Å². The Hall–Kier alpha value is -2.08. The second kappa shape index (κ2) is 6.61. The van der Waals surface area contributed by atoms with E-state index < -0.39 is 5.91 Å². The summed E-state index contributed by atoms with van der Waals surface area (Å²) in [5, 5.41) is 4.80. The van der Waals surface area contributed by atoms with Gasteiger partial charge in [-0.1, -0.05) is 17.3 Å². The minimum absolute atomic E-state index is 0.140. The fraction of sp³-hybridized carbons (Fsp3) is 0.333. The molecule has 6 heteroatoms. The van der Waals surface area contributed by atoms with Crippen LogP contribution in [0.1, 0.15) is 5.56 Å². The minimum Gasteiger partial charge on any atom is -0.497 e. The largest absolute Gasteiger partial charge is 0.497 e. The van der Waals surface area contributed by atoms with Gasteiger partial charge < -0.3 is 9.57 Å². The van der Waals surface area contributed by atoms with Crippen LogP contribution in [0, 0.1) is 0 Å². The average molecular weight is 252 g/mol. The van der Waals surface area contributed by atoms with E-state index in [2.05, 4.69) is 5.16 Å². The van der Waals surface area contributed by atoms with Crippen molar-refractivity contribution in [3.05, 3.63) is 29.8 Å². The fourth-order valence-corrected chi connectivity index (χ4v) is 1.31. The molecule has 1 aromatic rings. The maximum Gasteiger partial charge on any atom is 0.299 e. The van der Waals surface area contributed by atoms with Crippen molar-refractivity contribution in [3.63, 3.8) is 0 Å². The molecule has 1 aromatic carbocycles. The summed E-state index contributed by atoms with van der Waals surface area (Å²) in [4.78, 5) is 21.5. The molecule has 0 aliphatic heterocycles. The predicted octanol–water partition coefficient (Wildman–Crippen LogP) is 1.07. The number of amides is 1. The lowest BCUT2D eigenvalue weighted by Crippen LogP contribution is -2.33. The normalized spacial score (nSPS) is 11.0. The molecule has 0 saturated heterocycles. The Kier molecular flexibility index (Phi) is 5.13. The van der Waals surface area contributed by atoms with Gasteiger partial charge in [-0.3, -0.25) is 9.63 Å². The minimum atomic E-state index is -0.410. The molecule has 0 heterocycles. The summed E-state index contributed by atoms with van der Waals surface area (Å²) in [7, 11) is 5.82. The molecule has 0 saturated carbocycles. The van der Waals surface area contributed by atoms with Gasteiger partial charge in [0.1, 0.15) is 12.9 Å². The van der Waals surface area contributed by atoms with Crippen LogP contribution in [0.3, 0.4) is 0 Å². The molecule has 0 atom stereocenters. The van der Waals surface area contributed by atoms with Gasteiger partial charge in [-0.05, 0) is 12.1 Å². The van der Waals surface area contributed by atoms with Crippen molar-refractivity contribution in [3.8, 4) is 5.75 Å². The summed E-state index contributed by atoms with van der Waals surface area (Å²) in [6.45, 7) is 0. The lowest BCUT2D eigenvalue weighted by atomic mass is 10.1. The third-order valence-electron chi connectivity index (χ3n) is 2.29. The standard InChI is InChI=1S/C12H16N2O4/c1-14(18-4)12(15)11(13-17-3)9-6-5-7-10(8-9)16-2/h5-8H,1-4H3/b13-11-. The molecular weight excluding hydrogens is 236 g/mol. The van der Waals surface area contributed by atoms with Crippen LogP contribution >= 0.6 is 0 Å². The van der Waals surface area contributed by atoms with Crippen LogP contribution in [-0.4, -0.2) is 45.1 Å². The van der Waals surface area contributed by atoms with Gasteiger partial charge in [0.2, 0.25) is 0 Å². The number of methoxy groups -OCH3 is 1. The Balaban J connectivity index is 3.12. The predicted molar refractivity (Wildman–Crippen MR) is 66.3 cm³/mol. The number of benzene rings is 1. The molecular formula is C12H16N2O4. The molecule has 6 nitrogen and oxygen atoms in total. The summed E-state index contributed by atoms with van der Waals surface area (Å²) >= 11 is 0. The molecule has 0 radical (unpaired) electrons. The monoisotopic (exact) mass is 252 g/mol. The molecule has 1 rings (SSSR count). The van der Waals surface area contributed by atoms with E-state index in [1.54, 1.807) is 31.4 Å². The van der Waals surface area contributed by atoms with E-state index in [0.29, 0.717) is 11.3 Å². The van der Waals surface area contributed by atoms with Crippen LogP contribution in [0.25, 0.3) is 0 Å². The van der Waals surface area contributed by atoms with Gasteiger partial charge in [0.05, 0.1) is 14.2 Å². The molecule has 0 aromatic heterocycles. The van der Waals surface area contributed by atoms with E-state index in [4.69, 9.17) is 14.4 Å². The summed E-state index contributed by atoms with van der Waals surface area (Å²) < 4.78 is 5.10.